The quantitative estimate of drug-likeness (QED) is 0.800. The fourth-order valence-corrected chi connectivity index (χ4v) is 2.34. The number of aliphatic hydroxyl groups is 1. The molecule has 0 atom stereocenters. The summed E-state index contributed by atoms with van der Waals surface area (Å²) in [6.07, 6.45) is 0.413. The van der Waals surface area contributed by atoms with E-state index < -0.39 is 5.60 Å². The molecule has 1 amide bonds. The van der Waals surface area contributed by atoms with Crippen molar-refractivity contribution in [1.29, 1.82) is 0 Å². The Bertz CT molecular complexity index is 444. The number of nitrogens with one attached hydrogen (secondary N) is 1. The van der Waals surface area contributed by atoms with Gasteiger partial charge in [-0.15, -0.1) is 0 Å². The first-order valence-corrected chi connectivity index (χ1v) is 7.59. The zero-order valence-electron chi connectivity index (χ0n) is 12.3. The van der Waals surface area contributed by atoms with E-state index in [0.29, 0.717) is 19.5 Å². The number of nitrogens with zero attached hydrogens (tertiary/aromatic N) is 1. The summed E-state index contributed by atoms with van der Waals surface area (Å²) >= 11 is 3.37. The summed E-state index contributed by atoms with van der Waals surface area (Å²) in [6.45, 7) is 7.59. The number of likely N-dealkylation sites (N-methyl/N-ethyl adjacent to an activating group) is 1. The van der Waals surface area contributed by atoms with Gasteiger partial charge >= 0.3 is 0 Å². The SMILES string of the molecule is CCN(CCC(=O)Nc1cccc(Br)c1)CC(C)(C)O. The van der Waals surface area contributed by atoms with Crippen LogP contribution < -0.4 is 5.32 Å². The topological polar surface area (TPSA) is 52.6 Å². The molecule has 0 aromatic heterocycles. The van der Waals surface area contributed by atoms with Crippen molar-refractivity contribution < 1.29 is 9.90 Å². The standard InChI is InChI=1S/C15H23BrN2O2/c1-4-18(11-15(2,3)20)9-8-14(19)17-13-7-5-6-12(16)10-13/h5-7,10,20H,4,8-9,11H2,1-3H3,(H,17,19). The number of anilines is 1. The average molecular weight is 343 g/mol. The van der Waals surface area contributed by atoms with E-state index in [0.717, 1.165) is 16.7 Å². The summed E-state index contributed by atoms with van der Waals surface area (Å²) in [7, 11) is 0. The van der Waals surface area contributed by atoms with Gasteiger partial charge < -0.3 is 15.3 Å². The van der Waals surface area contributed by atoms with Crippen molar-refractivity contribution in [2.75, 3.05) is 25.0 Å². The molecule has 0 spiro atoms. The van der Waals surface area contributed by atoms with Gasteiger partial charge in [-0.25, -0.2) is 0 Å². The minimum absolute atomic E-state index is 0.0164. The number of halogens is 1. The highest BCUT2D eigenvalue weighted by molar-refractivity contribution is 9.10. The molecular weight excluding hydrogens is 320 g/mol. The lowest BCUT2D eigenvalue weighted by Crippen LogP contribution is -2.39. The molecule has 0 bridgehead atoms. The molecule has 1 aromatic rings. The predicted octanol–water partition coefficient (Wildman–Crippen LogP) is 2.87. The number of benzene rings is 1. The van der Waals surface area contributed by atoms with Gasteiger partial charge in [0.1, 0.15) is 0 Å². The molecule has 1 rings (SSSR count). The van der Waals surface area contributed by atoms with Crippen molar-refractivity contribution in [3.8, 4) is 0 Å². The summed E-state index contributed by atoms with van der Waals surface area (Å²) in [5.41, 5.74) is 0.0476. The second-order valence-corrected chi connectivity index (χ2v) is 6.41. The summed E-state index contributed by atoms with van der Waals surface area (Å²) in [4.78, 5) is 14.0. The third kappa shape index (κ3) is 7.03. The Hall–Kier alpha value is -0.910. The Morgan fingerprint density at radius 2 is 2.15 bits per heavy atom. The van der Waals surface area contributed by atoms with Crippen LogP contribution in [0.5, 0.6) is 0 Å². The van der Waals surface area contributed by atoms with E-state index >= 15 is 0 Å². The first kappa shape index (κ1) is 17.1. The second-order valence-electron chi connectivity index (χ2n) is 5.49. The van der Waals surface area contributed by atoms with Crippen LogP contribution in [0.25, 0.3) is 0 Å². The fourth-order valence-electron chi connectivity index (χ4n) is 1.95. The van der Waals surface area contributed by atoms with Gasteiger partial charge in [0.05, 0.1) is 5.60 Å². The van der Waals surface area contributed by atoms with Crippen LogP contribution >= 0.6 is 15.9 Å². The number of carbonyl (C=O) groups is 1. The predicted molar refractivity (Wildman–Crippen MR) is 85.8 cm³/mol. The van der Waals surface area contributed by atoms with Gasteiger partial charge in [0.2, 0.25) is 5.91 Å². The Morgan fingerprint density at radius 3 is 2.70 bits per heavy atom. The molecule has 20 heavy (non-hydrogen) atoms. The zero-order chi connectivity index (χ0) is 15.2. The summed E-state index contributed by atoms with van der Waals surface area (Å²) in [5, 5.41) is 12.7. The second kappa shape index (κ2) is 7.76. The molecule has 0 aliphatic rings. The number of hydrogen-bond acceptors (Lipinski definition) is 3. The van der Waals surface area contributed by atoms with E-state index in [2.05, 4.69) is 26.1 Å². The normalized spacial score (nSPS) is 11.7. The summed E-state index contributed by atoms with van der Waals surface area (Å²) < 4.78 is 0.938. The Morgan fingerprint density at radius 1 is 1.45 bits per heavy atom. The summed E-state index contributed by atoms with van der Waals surface area (Å²) in [5.74, 6) is -0.0164. The lowest BCUT2D eigenvalue weighted by molar-refractivity contribution is -0.116. The van der Waals surface area contributed by atoms with Crippen LogP contribution in [0.15, 0.2) is 28.7 Å². The van der Waals surface area contributed by atoms with Crippen molar-refractivity contribution in [2.24, 2.45) is 0 Å². The molecule has 0 saturated carbocycles. The van der Waals surface area contributed by atoms with Crippen LogP contribution in [0.4, 0.5) is 5.69 Å². The van der Waals surface area contributed by atoms with Crippen molar-refractivity contribution in [1.82, 2.24) is 4.90 Å². The number of carbonyl (C=O) groups excluding carboxylic acids is 1. The van der Waals surface area contributed by atoms with E-state index in [1.165, 1.54) is 0 Å². The van der Waals surface area contributed by atoms with Gasteiger partial charge in [0.25, 0.3) is 0 Å². The third-order valence-corrected chi connectivity index (χ3v) is 3.31. The van der Waals surface area contributed by atoms with Gasteiger partial charge in [-0.3, -0.25) is 4.79 Å². The maximum atomic E-state index is 11.9. The van der Waals surface area contributed by atoms with E-state index in [1.54, 1.807) is 13.8 Å². The third-order valence-electron chi connectivity index (χ3n) is 2.82. The molecule has 2 N–H and O–H groups in total. The smallest absolute Gasteiger partial charge is 0.225 e. The number of amides is 1. The van der Waals surface area contributed by atoms with E-state index in [-0.39, 0.29) is 5.91 Å². The molecule has 0 aliphatic heterocycles. The Labute approximate surface area is 129 Å². The van der Waals surface area contributed by atoms with Gasteiger partial charge in [-0.1, -0.05) is 28.9 Å². The van der Waals surface area contributed by atoms with Crippen LogP contribution in [0, 0.1) is 0 Å². The van der Waals surface area contributed by atoms with Crippen molar-refractivity contribution in [2.45, 2.75) is 32.8 Å². The molecule has 0 unspecified atom stereocenters. The molecule has 0 fully saturated rings. The Balaban J connectivity index is 2.42. The lowest BCUT2D eigenvalue weighted by Gasteiger charge is -2.27. The average Bonchev–Trinajstić information content (AvgIpc) is 2.33. The van der Waals surface area contributed by atoms with Crippen LogP contribution in [-0.2, 0) is 4.79 Å². The van der Waals surface area contributed by atoms with E-state index in [4.69, 9.17) is 0 Å². The van der Waals surface area contributed by atoms with E-state index in [1.807, 2.05) is 31.2 Å². The van der Waals surface area contributed by atoms with Crippen LogP contribution in [0.1, 0.15) is 27.2 Å². The highest BCUT2D eigenvalue weighted by Crippen LogP contribution is 2.15. The Kier molecular flexibility index (Phi) is 6.65. The lowest BCUT2D eigenvalue weighted by atomic mass is 10.1. The molecule has 0 radical (unpaired) electrons. The van der Waals surface area contributed by atoms with Crippen LogP contribution in [-0.4, -0.2) is 41.1 Å². The fraction of sp³-hybridized carbons (Fsp3) is 0.533. The van der Waals surface area contributed by atoms with Gasteiger partial charge in [0.15, 0.2) is 0 Å². The zero-order valence-corrected chi connectivity index (χ0v) is 13.9. The molecule has 1 aromatic carbocycles. The molecule has 0 aliphatic carbocycles. The molecule has 5 heteroatoms. The maximum absolute atomic E-state index is 11.9. The highest BCUT2D eigenvalue weighted by atomic mass is 79.9. The van der Waals surface area contributed by atoms with Crippen molar-refractivity contribution in [3.05, 3.63) is 28.7 Å². The van der Waals surface area contributed by atoms with Crippen LogP contribution in [0.2, 0.25) is 0 Å². The molecule has 0 heterocycles. The van der Waals surface area contributed by atoms with Gasteiger partial charge in [-0.05, 0) is 38.6 Å². The number of rotatable bonds is 7. The first-order valence-electron chi connectivity index (χ1n) is 6.80. The van der Waals surface area contributed by atoms with Crippen molar-refractivity contribution in [3.63, 3.8) is 0 Å². The first-order chi connectivity index (χ1) is 9.30. The van der Waals surface area contributed by atoms with Gasteiger partial charge in [0, 0.05) is 29.7 Å². The minimum atomic E-state index is -0.739. The van der Waals surface area contributed by atoms with Crippen LogP contribution in [0.3, 0.4) is 0 Å². The minimum Gasteiger partial charge on any atom is -0.389 e. The maximum Gasteiger partial charge on any atom is 0.225 e. The largest absolute Gasteiger partial charge is 0.389 e. The summed E-state index contributed by atoms with van der Waals surface area (Å²) in [6, 6.07) is 7.52. The highest BCUT2D eigenvalue weighted by Gasteiger charge is 2.17. The van der Waals surface area contributed by atoms with Crippen molar-refractivity contribution >= 4 is 27.5 Å². The number of hydrogen-bond donors (Lipinski definition) is 2. The van der Waals surface area contributed by atoms with E-state index in [9.17, 15) is 9.90 Å². The van der Waals surface area contributed by atoms with Gasteiger partial charge in [-0.2, -0.15) is 0 Å². The monoisotopic (exact) mass is 342 g/mol. The molecule has 4 nitrogen and oxygen atoms in total. The molecule has 0 saturated heterocycles. The molecule has 112 valence electrons. The molecular formula is C15H23BrN2O2.